The van der Waals surface area contributed by atoms with Crippen LogP contribution in [0.25, 0.3) is 0 Å². The molecule has 0 rings (SSSR count). The fourth-order valence-corrected chi connectivity index (χ4v) is 1.42. The van der Waals surface area contributed by atoms with E-state index in [0.717, 1.165) is 12.5 Å². The molecule has 1 heteroatoms. The lowest BCUT2D eigenvalue weighted by Crippen LogP contribution is -2.16. The molecule has 1 atom stereocenters. The van der Waals surface area contributed by atoms with Crippen LogP contribution in [0.3, 0.4) is 0 Å². The number of ether oxygens (including phenoxy) is 1. The van der Waals surface area contributed by atoms with Crippen molar-refractivity contribution in [2.75, 3.05) is 13.7 Å². The van der Waals surface area contributed by atoms with E-state index in [2.05, 4.69) is 27.7 Å². The van der Waals surface area contributed by atoms with E-state index in [1.54, 1.807) is 7.11 Å². The zero-order valence-electron chi connectivity index (χ0n) is 10.6. The van der Waals surface area contributed by atoms with E-state index < -0.39 is 0 Å². The van der Waals surface area contributed by atoms with Crippen molar-refractivity contribution in [1.82, 2.24) is 0 Å². The molecule has 0 aromatic carbocycles. The van der Waals surface area contributed by atoms with Gasteiger partial charge in [0, 0.05) is 13.7 Å². The highest BCUT2D eigenvalue weighted by atomic mass is 16.5. The van der Waals surface area contributed by atoms with Gasteiger partial charge in [0.15, 0.2) is 0 Å². The van der Waals surface area contributed by atoms with Crippen LogP contribution in [-0.2, 0) is 4.74 Å². The highest BCUT2D eigenvalue weighted by molar-refractivity contribution is 4.67. The van der Waals surface area contributed by atoms with Gasteiger partial charge >= 0.3 is 0 Å². The first-order valence-corrected chi connectivity index (χ1v) is 5.48. The topological polar surface area (TPSA) is 9.23 Å². The van der Waals surface area contributed by atoms with Gasteiger partial charge < -0.3 is 4.74 Å². The molecular formula is C12H28O. The van der Waals surface area contributed by atoms with Gasteiger partial charge in [-0.1, -0.05) is 48.0 Å². The molecule has 0 aliphatic heterocycles. The van der Waals surface area contributed by atoms with Crippen molar-refractivity contribution in [2.45, 2.75) is 54.4 Å². The van der Waals surface area contributed by atoms with E-state index in [1.165, 1.54) is 12.8 Å². The Morgan fingerprint density at radius 1 is 1.15 bits per heavy atom. The third kappa shape index (κ3) is 12.0. The fraction of sp³-hybridized carbons (Fsp3) is 1.00. The maximum Gasteiger partial charge on any atom is 0.0490 e. The predicted molar refractivity (Wildman–Crippen MR) is 61.1 cm³/mol. The summed E-state index contributed by atoms with van der Waals surface area (Å²) in [6.07, 6.45) is 2.49. The lowest BCUT2D eigenvalue weighted by molar-refractivity contribution is 0.124. The van der Waals surface area contributed by atoms with Crippen LogP contribution in [0.1, 0.15) is 54.4 Å². The Morgan fingerprint density at radius 3 is 1.85 bits per heavy atom. The molecule has 0 radical (unpaired) electrons. The molecule has 0 saturated carbocycles. The maximum atomic E-state index is 5.14. The minimum Gasteiger partial charge on any atom is -0.384 e. The Bertz CT molecular complexity index is 91.8. The summed E-state index contributed by atoms with van der Waals surface area (Å²) in [5.41, 5.74) is 0.444. The minimum atomic E-state index is 0.444. The Morgan fingerprint density at radius 2 is 1.62 bits per heavy atom. The summed E-state index contributed by atoms with van der Waals surface area (Å²) in [7, 11) is 1.78. The van der Waals surface area contributed by atoms with E-state index in [1.807, 2.05) is 13.8 Å². The standard InChI is InChI=1S/C10H22O.C2H6/c1-6-9(8-11-5)7-10(2,3)4;1-2/h9H,6-8H2,1-5H3;1-2H3. The summed E-state index contributed by atoms with van der Waals surface area (Å²) in [6.45, 7) is 14.0. The molecule has 0 bridgehead atoms. The van der Waals surface area contributed by atoms with Crippen molar-refractivity contribution in [1.29, 1.82) is 0 Å². The average molecular weight is 188 g/mol. The maximum absolute atomic E-state index is 5.14. The second-order valence-electron chi connectivity index (χ2n) is 4.49. The SMILES string of the molecule is CC.CCC(COC)CC(C)(C)C. The molecule has 1 nitrogen and oxygen atoms in total. The second kappa shape index (κ2) is 8.55. The molecule has 82 valence electrons. The highest BCUT2D eigenvalue weighted by Gasteiger charge is 2.16. The van der Waals surface area contributed by atoms with Gasteiger partial charge in [0.25, 0.3) is 0 Å². The second-order valence-corrected chi connectivity index (χ2v) is 4.49. The van der Waals surface area contributed by atoms with Gasteiger partial charge in [-0.15, -0.1) is 0 Å². The molecule has 0 aromatic rings. The molecule has 13 heavy (non-hydrogen) atoms. The number of hydrogen-bond donors (Lipinski definition) is 0. The van der Waals surface area contributed by atoms with Gasteiger partial charge in [0.05, 0.1) is 0 Å². The van der Waals surface area contributed by atoms with Crippen LogP contribution in [-0.4, -0.2) is 13.7 Å². The minimum absolute atomic E-state index is 0.444. The average Bonchev–Trinajstić information content (AvgIpc) is 2.05. The van der Waals surface area contributed by atoms with E-state index in [9.17, 15) is 0 Å². The number of rotatable bonds is 4. The zero-order valence-corrected chi connectivity index (χ0v) is 10.6. The third-order valence-electron chi connectivity index (χ3n) is 1.88. The molecule has 0 saturated heterocycles. The number of methoxy groups -OCH3 is 1. The Hall–Kier alpha value is -0.0400. The zero-order chi connectivity index (χ0) is 10.9. The molecule has 0 aliphatic rings. The third-order valence-corrected chi connectivity index (χ3v) is 1.88. The van der Waals surface area contributed by atoms with Gasteiger partial charge in [-0.25, -0.2) is 0 Å². The van der Waals surface area contributed by atoms with Gasteiger partial charge in [-0.3, -0.25) is 0 Å². The van der Waals surface area contributed by atoms with E-state index in [-0.39, 0.29) is 0 Å². The summed E-state index contributed by atoms with van der Waals surface area (Å²) in [4.78, 5) is 0. The number of hydrogen-bond acceptors (Lipinski definition) is 1. The largest absolute Gasteiger partial charge is 0.384 e. The summed E-state index contributed by atoms with van der Waals surface area (Å²) in [5, 5.41) is 0. The van der Waals surface area contributed by atoms with E-state index >= 15 is 0 Å². The normalized spacial score (nSPS) is 13.2. The summed E-state index contributed by atoms with van der Waals surface area (Å²) in [5.74, 6) is 0.736. The van der Waals surface area contributed by atoms with Crippen LogP contribution < -0.4 is 0 Å². The van der Waals surface area contributed by atoms with E-state index in [4.69, 9.17) is 4.74 Å². The van der Waals surface area contributed by atoms with E-state index in [0.29, 0.717) is 5.41 Å². The van der Waals surface area contributed by atoms with Crippen LogP contribution in [0.5, 0.6) is 0 Å². The van der Waals surface area contributed by atoms with Gasteiger partial charge in [0.1, 0.15) is 0 Å². The lowest BCUT2D eigenvalue weighted by Gasteiger charge is -2.24. The van der Waals surface area contributed by atoms with Gasteiger partial charge in [-0.2, -0.15) is 0 Å². The van der Waals surface area contributed by atoms with Gasteiger partial charge in [0.2, 0.25) is 0 Å². The first-order valence-electron chi connectivity index (χ1n) is 5.48. The van der Waals surface area contributed by atoms with Gasteiger partial charge in [-0.05, 0) is 17.8 Å². The smallest absolute Gasteiger partial charge is 0.0490 e. The highest BCUT2D eigenvalue weighted by Crippen LogP contribution is 2.26. The molecule has 0 amide bonds. The Kier molecular flexibility index (Phi) is 10.2. The molecule has 0 spiro atoms. The molecular weight excluding hydrogens is 160 g/mol. The van der Waals surface area contributed by atoms with Crippen molar-refractivity contribution >= 4 is 0 Å². The first kappa shape index (κ1) is 15.4. The van der Waals surface area contributed by atoms with Crippen LogP contribution in [0.4, 0.5) is 0 Å². The van der Waals surface area contributed by atoms with Crippen molar-refractivity contribution < 1.29 is 4.74 Å². The van der Waals surface area contributed by atoms with Crippen LogP contribution in [0.15, 0.2) is 0 Å². The van der Waals surface area contributed by atoms with Crippen molar-refractivity contribution in [2.24, 2.45) is 11.3 Å². The van der Waals surface area contributed by atoms with Crippen LogP contribution >= 0.6 is 0 Å². The van der Waals surface area contributed by atoms with Crippen molar-refractivity contribution in [3.8, 4) is 0 Å². The summed E-state index contributed by atoms with van der Waals surface area (Å²) in [6, 6.07) is 0. The molecule has 0 N–H and O–H groups in total. The monoisotopic (exact) mass is 188 g/mol. The summed E-state index contributed by atoms with van der Waals surface area (Å²) >= 11 is 0. The Labute approximate surface area is 84.9 Å². The Balaban J connectivity index is 0. The lowest BCUT2D eigenvalue weighted by atomic mass is 9.84. The summed E-state index contributed by atoms with van der Waals surface area (Å²) < 4.78 is 5.14. The fourth-order valence-electron chi connectivity index (χ4n) is 1.42. The molecule has 0 aliphatic carbocycles. The molecule has 0 fully saturated rings. The quantitative estimate of drug-likeness (QED) is 0.645. The predicted octanol–water partition coefficient (Wildman–Crippen LogP) is 4.12. The van der Waals surface area contributed by atoms with Crippen molar-refractivity contribution in [3.05, 3.63) is 0 Å². The van der Waals surface area contributed by atoms with Crippen molar-refractivity contribution in [3.63, 3.8) is 0 Å². The molecule has 0 heterocycles. The van der Waals surface area contributed by atoms with Crippen LogP contribution in [0, 0.1) is 11.3 Å². The van der Waals surface area contributed by atoms with Crippen LogP contribution in [0.2, 0.25) is 0 Å². The molecule has 1 unspecified atom stereocenters. The molecule has 0 aromatic heterocycles. The first-order chi connectivity index (χ1) is 5.99.